The molecule has 8 heteroatoms. The molecule has 1 aliphatic heterocycles. The van der Waals surface area contributed by atoms with E-state index >= 15 is 0 Å². The number of anilines is 1. The summed E-state index contributed by atoms with van der Waals surface area (Å²) in [5.74, 6) is 0.904. The number of guanidine groups is 1. The van der Waals surface area contributed by atoms with E-state index in [0.717, 1.165) is 25.5 Å². The summed E-state index contributed by atoms with van der Waals surface area (Å²) in [5, 5.41) is 6.79. The molecule has 0 amide bonds. The van der Waals surface area contributed by atoms with Crippen molar-refractivity contribution in [1.82, 2.24) is 20.5 Å². The normalized spacial score (nSPS) is 16.7. The van der Waals surface area contributed by atoms with Crippen molar-refractivity contribution in [2.24, 2.45) is 4.99 Å². The Morgan fingerprint density at radius 2 is 1.97 bits per heavy atom. The molecule has 6 nitrogen and oxygen atoms in total. The maximum absolute atomic E-state index is 13.9. The molecule has 2 heterocycles. The molecule has 0 aliphatic carbocycles. The Labute approximate surface area is 189 Å². The Bertz CT molecular complexity index is 796. The number of pyridine rings is 1. The van der Waals surface area contributed by atoms with Gasteiger partial charge >= 0.3 is 0 Å². The Kier molecular flexibility index (Phi) is 9.09. The second-order valence-corrected chi connectivity index (χ2v) is 7.36. The summed E-state index contributed by atoms with van der Waals surface area (Å²) >= 11 is 0. The fourth-order valence-electron chi connectivity index (χ4n) is 3.38. The van der Waals surface area contributed by atoms with Gasteiger partial charge in [0.15, 0.2) is 17.6 Å². The number of nitrogens with one attached hydrogen (secondary N) is 2. The topological polar surface area (TPSA) is 55.8 Å². The van der Waals surface area contributed by atoms with Gasteiger partial charge in [0.1, 0.15) is 0 Å². The number of nitrogens with zero attached hydrogens (tertiary/aromatic N) is 4. The lowest BCUT2D eigenvalue weighted by Gasteiger charge is -2.20. The third kappa shape index (κ3) is 6.81. The third-order valence-corrected chi connectivity index (χ3v) is 4.77. The first-order chi connectivity index (χ1) is 13.5. The van der Waals surface area contributed by atoms with Gasteiger partial charge in [0.05, 0.1) is 0 Å². The zero-order valence-corrected chi connectivity index (χ0v) is 19.6. The van der Waals surface area contributed by atoms with Gasteiger partial charge in [0.2, 0.25) is 0 Å². The van der Waals surface area contributed by atoms with Crippen molar-refractivity contribution in [2.45, 2.75) is 25.6 Å². The van der Waals surface area contributed by atoms with Crippen LogP contribution < -0.4 is 15.5 Å². The fraction of sp³-hybridized carbons (Fsp3) is 0.429. The lowest BCUT2D eigenvalue weighted by atomic mass is 10.1. The predicted octanol–water partition coefficient (Wildman–Crippen LogP) is 2.84. The monoisotopic (exact) mass is 512 g/mol. The number of hydrogen-bond acceptors (Lipinski definition) is 4. The van der Waals surface area contributed by atoms with Crippen molar-refractivity contribution in [1.29, 1.82) is 0 Å². The smallest absolute Gasteiger partial charge is 0.191 e. The zero-order valence-electron chi connectivity index (χ0n) is 17.2. The van der Waals surface area contributed by atoms with Crippen molar-refractivity contribution in [3.63, 3.8) is 0 Å². The van der Waals surface area contributed by atoms with Crippen LogP contribution in [0.1, 0.15) is 17.5 Å². The Morgan fingerprint density at radius 3 is 2.62 bits per heavy atom. The number of rotatable bonds is 6. The quantitative estimate of drug-likeness (QED) is 0.354. The minimum Gasteiger partial charge on any atom is -0.352 e. The molecule has 1 aromatic heterocycles. The number of aliphatic imine (C=N–C) groups is 1. The van der Waals surface area contributed by atoms with Gasteiger partial charge in [-0.25, -0.2) is 9.37 Å². The van der Waals surface area contributed by atoms with Crippen LogP contribution >= 0.6 is 24.0 Å². The summed E-state index contributed by atoms with van der Waals surface area (Å²) in [7, 11) is 5.90. The van der Waals surface area contributed by atoms with Crippen LogP contribution in [0, 0.1) is 5.82 Å². The Morgan fingerprint density at radius 1 is 1.24 bits per heavy atom. The van der Waals surface area contributed by atoms with Crippen molar-refractivity contribution in [3.8, 4) is 0 Å². The molecule has 1 aromatic carbocycles. The predicted molar refractivity (Wildman–Crippen MR) is 127 cm³/mol. The highest BCUT2D eigenvalue weighted by Gasteiger charge is 2.25. The largest absolute Gasteiger partial charge is 0.352 e. The third-order valence-electron chi connectivity index (χ3n) is 4.77. The van der Waals surface area contributed by atoms with Crippen LogP contribution in [0.3, 0.4) is 0 Å². The van der Waals surface area contributed by atoms with Crippen LogP contribution in [0.25, 0.3) is 0 Å². The maximum atomic E-state index is 13.9. The molecule has 0 radical (unpaired) electrons. The molecule has 158 valence electrons. The van der Waals surface area contributed by atoms with Crippen LogP contribution in [0.2, 0.25) is 0 Å². The van der Waals surface area contributed by atoms with E-state index in [0.29, 0.717) is 18.9 Å². The van der Waals surface area contributed by atoms with Crippen LogP contribution in [0.4, 0.5) is 10.2 Å². The summed E-state index contributed by atoms with van der Waals surface area (Å²) in [5.41, 5.74) is 2.50. The highest BCUT2D eigenvalue weighted by Crippen LogP contribution is 2.20. The number of hydrogen-bond donors (Lipinski definition) is 2. The van der Waals surface area contributed by atoms with Gasteiger partial charge in [0.25, 0.3) is 0 Å². The molecule has 1 saturated heterocycles. The molecule has 0 saturated carbocycles. The van der Waals surface area contributed by atoms with Crippen molar-refractivity contribution < 1.29 is 4.39 Å². The van der Waals surface area contributed by atoms with Crippen molar-refractivity contribution in [3.05, 3.63) is 59.5 Å². The number of halogens is 2. The summed E-state index contributed by atoms with van der Waals surface area (Å²) in [4.78, 5) is 12.6. The minimum absolute atomic E-state index is 0. The Balaban J connectivity index is 0.00000300. The summed E-state index contributed by atoms with van der Waals surface area (Å²) < 4.78 is 13.9. The van der Waals surface area contributed by atoms with Crippen LogP contribution in [-0.4, -0.2) is 56.1 Å². The van der Waals surface area contributed by atoms with E-state index in [1.54, 1.807) is 19.3 Å². The molecule has 1 atom stereocenters. The van der Waals surface area contributed by atoms with Gasteiger partial charge in [-0.15, -0.1) is 24.0 Å². The molecular weight excluding hydrogens is 482 g/mol. The maximum Gasteiger partial charge on any atom is 0.191 e. The van der Waals surface area contributed by atoms with E-state index in [-0.39, 0.29) is 35.8 Å². The van der Waals surface area contributed by atoms with E-state index in [1.807, 2.05) is 4.90 Å². The van der Waals surface area contributed by atoms with E-state index in [4.69, 9.17) is 0 Å². The van der Waals surface area contributed by atoms with Gasteiger partial charge in [-0.2, -0.15) is 0 Å². The highest BCUT2D eigenvalue weighted by molar-refractivity contribution is 14.0. The Hall–Kier alpha value is -1.94. The molecule has 0 spiro atoms. The minimum atomic E-state index is -0.275. The van der Waals surface area contributed by atoms with Crippen molar-refractivity contribution >= 4 is 35.8 Å². The van der Waals surface area contributed by atoms with E-state index in [1.165, 1.54) is 17.2 Å². The first-order valence-corrected chi connectivity index (χ1v) is 9.60. The van der Waals surface area contributed by atoms with Gasteiger partial charge in [-0.1, -0.05) is 24.3 Å². The summed E-state index contributed by atoms with van der Waals surface area (Å²) in [6.45, 7) is 3.11. The molecule has 1 fully saturated rings. The molecular formula is C21H30FIN6. The molecule has 2 N–H and O–H groups in total. The van der Waals surface area contributed by atoms with Gasteiger partial charge < -0.3 is 20.4 Å². The SMILES string of the molecule is CN=C(NCc1ccc(CN(C)C)cc1)NC1CCN(c2ncccc2F)C1.I. The van der Waals surface area contributed by atoms with Gasteiger partial charge in [-0.05, 0) is 43.8 Å². The zero-order chi connectivity index (χ0) is 19.9. The average molecular weight is 512 g/mol. The second kappa shape index (κ2) is 11.3. The highest BCUT2D eigenvalue weighted by atomic mass is 127. The fourth-order valence-corrected chi connectivity index (χ4v) is 3.38. The van der Waals surface area contributed by atoms with Crippen LogP contribution in [-0.2, 0) is 13.1 Å². The standard InChI is InChI=1S/C21H29FN6.HI/c1-23-21(25-13-16-6-8-17(9-7-16)14-27(2)3)26-18-10-12-28(15-18)20-19(22)5-4-11-24-20;/h4-9,11,18H,10,12-15H2,1-3H3,(H2,23,25,26);1H. The average Bonchev–Trinajstić information content (AvgIpc) is 3.14. The lowest BCUT2D eigenvalue weighted by molar-refractivity contribution is 0.402. The molecule has 1 unspecified atom stereocenters. The number of benzene rings is 1. The molecule has 3 rings (SSSR count). The summed E-state index contributed by atoms with van der Waals surface area (Å²) in [6.07, 6.45) is 2.54. The van der Waals surface area contributed by atoms with Crippen LogP contribution in [0.5, 0.6) is 0 Å². The molecule has 0 bridgehead atoms. The van der Waals surface area contributed by atoms with Crippen molar-refractivity contribution in [2.75, 3.05) is 39.1 Å². The second-order valence-electron chi connectivity index (χ2n) is 7.36. The van der Waals surface area contributed by atoms with E-state index < -0.39 is 0 Å². The molecule has 2 aromatic rings. The van der Waals surface area contributed by atoms with E-state index in [9.17, 15) is 4.39 Å². The molecule has 1 aliphatic rings. The number of aromatic nitrogens is 1. The van der Waals surface area contributed by atoms with Crippen LogP contribution in [0.15, 0.2) is 47.6 Å². The van der Waals surface area contributed by atoms with Gasteiger partial charge in [-0.3, -0.25) is 4.99 Å². The van der Waals surface area contributed by atoms with Gasteiger partial charge in [0, 0.05) is 45.5 Å². The lowest BCUT2D eigenvalue weighted by Crippen LogP contribution is -2.44. The van der Waals surface area contributed by atoms with E-state index in [2.05, 4.69) is 63.9 Å². The molecule has 29 heavy (non-hydrogen) atoms. The first kappa shape index (κ1) is 23.3. The first-order valence-electron chi connectivity index (χ1n) is 9.60. The summed E-state index contributed by atoms with van der Waals surface area (Å²) in [6, 6.07) is 11.9.